The second-order valence-electron chi connectivity index (χ2n) is 2.10. The number of hydrogen-bond donors (Lipinski definition) is 2. The van der Waals surface area contributed by atoms with Crippen molar-refractivity contribution in [3.8, 4) is 0 Å². The Morgan fingerprint density at radius 1 is 1.70 bits per heavy atom. The first-order valence-corrected chi connectivity index (χ1v) is 2.79. The molecule has 0 radical (unpaired) electrons. The van der Waals surface area contributed by atoms with Crippen LogP contribution in [-0.2, 0) is 9.53 Å². The zero-order chi connectivity index (χ0) is 7.72. The van der Waals surface area contributed by atoms with Gasteiger partial charge in [-0.2, -0.15) is 0 Å². The van der Waals surface area contributed by atoms with Crippen LogP contribution in [-0.4, -0.2) is 41.2 Å². The fraction of sp³-hybridized carbons (Fsp3) is 0.800. The Balaban J connectivity index is 2.57. The molecule has 10 heavy (non-hydrogen) atoms. The molecule has 1 saturated heterocycles. The molecule has 4 nitrogen and oxygen atoms in total. The smallest absolute Gasteiger partial charge is 0.336 e. The highest BCUT2D eigenvalue weighted by atomic mass is 19.1. The van der Waals surface area contributed by atoms with E-state index in [0.29, 0.717) is 0 Å². The van der Waals surface area contributed by atoms with Crippen molar-refractivity contribution in [2.45, 2.75) is 18.4 Å². The molecule has 0 spiro atoms. The molecule has 0 aromatic heterocycles. The molecule has 0 aromatic rings. The van der Waals surface area contributed by atoms with E-state index < -0.39 is 24.3 Å². The highest BCUT2D eigenvalue weighted by Gasteiger charge is 2.41. The van der Waals surface area contributed by atoms with Gasteiger partial charge in [0.05, 0.1) is 6.61 Å². The molecule has 0 amide bonds. The quantitative estimate of drug-likeness (QED) is 0.512. The van der Waals surface area contributed by atoms with Crippen molar-refractivity contribution in [3.63, 3.8) is 0 Å². The summed E-state index contributed by atoms with van der Waals surface area (Å²) in [6.07, 6.45) is -4.58. The topological polar surface area (TPSA) is 66.8 Å². The van der Waals surface area contributed by atoms with E-state index in [4.69, 9.17) is 10.2 Å². The monoisotopic (exact) mass is 150 g/mol. The minimum atomic E-state index is -1.79. The molecule has 2 N–H and O–H groups in total. The minimum Gasteiger partial charge on any atom is -0.479 e. The summed E-state index contributed by atoms with van der Waals surface area (Å²) in [6.45, 7) is -0.238. The van der Waals surface area contributed by atoms with Gasteiger partial charge in [0, 0.05) is 0 Å². The number of rotatable bonds is 1. The molecule has 0 aliphatic carbocycles. The van der Waals surface area contributed by atoms with Crippen molar-refractivity contribution >= 4 is 5.97 Å². The highest BCUT2D eigenvalue weighted by Crippen LogP contribution is 2.17. The molecule has 1 aliphatic rings. The third-order valence-corrected chi connectivity index (χ3v) is 1.35. The van der Waals surface area contributed by atoms with Crippen LogP contribution in [0.2, 0.25) is 0 Å². The summed E-state index contributed by atoms with van der Waals surface area (Å²) in [6, 6.07) is 0. The fourth-order valence-electron chi connectivity index (χ4n) is 0.795. The van der Waals surface area contributed by atoms with Crippen molar-refractivity contribution in [3.05, 3.63) is 0 Å². The molecular formula is C5H7FO4. The lowest BCUT2D eigenvalue weighted by Gasteiger charge is -2.05. The normalized spacial score (nSPS) is 40.0. The van der Waals surface area contributed by atoms with Crippen LogP contribution in [0.25, 0.3) is 0 Å². The Labute approximate surface area is 56.2 Å². The Kier molecular flexibility index (Phi) is 1.87. The van der Waals surface area contributed by atoms with Crippen molar-refractivity contribution in [1.82, 2.24) is 0 Å². The van der Waals surface area contributed by atoms with Gasteiger partial charge in [-0.25, -0.2) is 9.18 Å². The lowest BCUT2D eigenvalue weighted by Crippen LogP contribution is -2.31. The summed E-state index contributed by atoms with van der Waals surface area (Å²) in [5.41, 5.74) is 0. The molecular weight excluding hydrogens is 143 g/mol. The van der Waals surface area contributed by atoms with Gasteiger partial charge < -0.3 is 14.9 Å². The van der Waals surface area contributed by atoms with E-state index in [2.05, 4.69) is 4.74 Å². The zero-order valence-corrected chi connectivity index (χ0v) is 5.03. The predicted octanol–water partition coefficient (Wildman–Crippen LogP) is -0.831. The third kappa shape index (κ3) is 1.10. The number of carbonyl (C=O) groups is 1. The van der Waals surface area contributed by atoms with E-state index in [1.54, 1.807) is 0 Å². The zero-order valence-electron chi connectivity index (χ0n) is 5.03. The van der Waals surface area contributed by atoms with Crippen LogP contribution in [0, 0.1) is 0 Å². The number of ether oxygens (including phenoxy) is 1. The Morgan fingerprint density at radius 2 is 2.30 bits per heavy atom. The van der Waals surface area contributed by atoms with Crippen molar-refractivity contribution in [1.29, 1.82) is 0 Å². The highest BCUT2D eigenvalue weighted by molar-refractivity contribution is 5.73. The van der Waals surface area contributed by atoms with Crippen LogP contribution in [0.1, 0.15) is 0 Å². The second kappa shape index (κ2) is 2.51. The van der Waals surface area contributed by atoms with Crippen LogP contribution in [0.4, 0.5) is 4.39 Å². The van der Waals surface area contributed by atoms with Crippen LogP contribution in [0.15, 0.2) is 0 Å². The molecule has 1 rings (SSSR count). The standard InChI is InChI=1S/C5H7FO4/c6-3-2(7)1-10-4(3)5(8)9/h2-4,7H,1H2,(H,8,9)/t2-,3+,4-/m1/s1. The number of alkyl halides is 1. The van der Waals surface area contributed by atoms with E-state index in [9.17, 15) is 9.18 Å². The average molecular weight is 150 g/mol. The molecule has 1 fully saturated rings. The molecule has 0 aromatic carbocycles. The molecule has 5 heteroatoms. The second-order valence-corrected chi connectivity index (χ2v) is 2.10. The maximum atomic E-state index is 12.5. The van der Waals surface area contributed by atoms with Gasteiger partial charge >= 0.3 is 5.97 Å². The molecule has 0 bridgehead atoms. The lowest BCUT2D eigenvalue weighted by molar-refractivity contribution is -0.149. The summed E-state index contributed by atoms with van der Waals surface area (Å²) >= 11 is 0. The Bertz CT molecular complexity index is 149. The summed E-state index contributed by atoms with van der Waals surface area (Å²) in [5, 5.41) is 16.9. The van der Waals surface area contributed by atoms with E-state index in [1.807, 2.05) is 0 Å². The van der Waals surface area contributed by atoms with Crippen LogP contribution < -0.4 is 0 Å². The van der Waals surface area contributed by atoms with Gasteiger partial charge in [-0.15, -0.1) is 0 Å². The van der Waals surface area contributed by atoms with Gasteiger partial charge in [0.25, 0.3) is 0 Å². The number of aliphatic carboxylic acids is 1. The van der Waals surface area contributed by atoms with Gasteiger partial charge in [0.2, 0.25) is 0 Å². The summed E-state index contributed by atoms with van der Waals surface area (Å²) in [5.74, 6) is -1.37. The SMILES string of the molecule is O=C(O)[C@@H]1OC[C@@H](O)[C@@H]1F. The minimum absolute atomic E-state index is 0.238. The Morgan fingerprint density at radius 3 is 2.50 bits per heavy atom. The number of halogens is 1. The number of aliphatic hydroxyl groups is 1. The first-order valence-electron chi connectivity index (χ1n) is 2.79. The average Bonchev–Trinajstić information content (AvgIpc) is 2.14. The number of hydrogen-bond acceptors (Lipinski definition) is 3. The number of carboxylic acids is 1. The van der Waals surface area contributed by atoms with E-state index in [0.717, 1.165) is 0 Å². The van der Waals surface area contributed by atoms with Crippen molar-refractivity contribution in [2.75, 3.05) is 6.61 Å². The maximum Gasteiger partial charge on any atom is 0.336 e. The largest absolute Gasteiger partial charge is 0.479 e. The van der Waals surface area contributed by atoms with E-state index >= 15 is 0 Å². The maximum absolute atomic E-state index is 12.5. The van der Waals surface area contributed by atoms with Gasteiger partial charge in [-0.1, -0.05) is 0 Å². The predicted molar refractivity (Wildman–Crippen MR) is 28.3 cm³/mol. The molecule has 58 valence electrons. The van der Waals surface area contributed by atoms with Crippen LogP contribution >= 0.6 is 0 Å². The molecule has 3 atom stereocenters. The van der Waals surface area contributed by atoms with Gasteiger partial charge in [0.1, 0.15) is 6.10 Å². The van der Waals surface area contributed by atoms with Crippen molar-refractivity contribution < 1.29 is 24.1 Å². The molecule has 0 unspecified atom stereocenters. The third-order valence-electron chi connectivity index (χ3n) is 1.35. The van der Waals surface area contributed by atoms with Gasteiger partial charge in [-0.05, 0) is 0 Å². The van der Waals surface area contributed by atoms with Gasteiger partial charge in [-0.3, -0.25) is 0 Å². The number of carboxylic acid groups (broad SMARTS) is 1. The number of aliphatic hydroxyl groups excluding tert-OH is 1. The van der Waals surface area contributed by atoms with Gasteiger partial charge in [0.15, 0.2) is 12.3 Å². The van der Waals surface area contributed by atoms with E-state index in [-0.39, 0.29) is 6.61 Å². The first kappa shape index (κ1) is 7.43. The Hall–Kier alpha value is -0.680. The van der Waals surface area contributed by atoms with Crippen molar-refractivity contribution in [2.24, 2.45) is 0 Å². The molecule has 1 aliphatic heterocycles. The van der Waals surface area contributed by atoms with Crippen LogP contribution in [0.3, 0.4) is 0 Å². The molecule has 1 heterocycles. The first-order chi connectivity index (χ1) is 4.63. The van der Waals surface area contributed by atoms with E-state index in [1.165, 1.54) is 0 Å². The summed E-state index contributed by atoms with van der Waals surface area (Å²) in [4.78, 5) is 10.1. The fourth-order valence-corrected chi connectivity index (χ4v) is 0.795. The summed E-state index contributed by atoms with van der Waals surface area (Å²) in [7, 11) is 0. The molecule has 0 saturated carbocycles. The summed E-state index contributed by atoms with van der Waals surface area (Å²) < 4.78 is 16.9. The lowest BCUT2D eigenvalue weighted by atomic mass is 10.2. The van der Waals surface area contributed by atoms with Crippen LogP contribution in [0.5, 0.6) is 0 Å².